The van der Waals surface area contributed by atoms with Gasteiger partial charge in [0.1, 0.15) is 0 Å². The van der Waals surface area contributed by atoms with E-state index >= 15 is 0 Å². The number of rotatable bonds is 4. The van der Waals surface area contributed by atoms with Crippen molar-refractivity contribution >= 4 is 22.7 Å². The number of fused-ring (bicyclic) bond motifs is 1. The summed E-state index contributed by atoms with van der Waals surface area (Å²) >= 11 is 0. The Balaban J connectivity index is 1.57. The van der Waals surface area contributed by atoms with Gasteiger partial charge in [0.25, 0.3) is 5.91 Å². The Kier molecular flexibility index (Phi) is 5.48. The molecular weight excluding hydrogens is 376 g/mol. The van der Waals surface area contributed by atoms with E-state index in [1.807, 2.05) is 67.6 Å². The van der Waals surface area contributed by atoms with Gasteiger partial charge in [-0.2, -0.15) is 0 Å². The van der Waals surface area contributed by atoms with Crippen molar-refractivity contribution < 1.29 is 9.59 Å². The zero-order chi connectivity index (χ0) is 20.9. The Hall–Kier alpha value is -4.06. The second-order valence-electron chi connectivity index (χ2n) is 6.91. The lowest BCUT2D eigenvalue weighted by molar-refractivity contribution is -0.121. The molecule has 2 heterocycles. The van der Waals surface area contributed by atoms with Gasteiger partial charge in [-0.3, -0.25) is 25.4 Å². The molecule has 0 atom stereocenters. The van der Waals surface area contributed by atoms with Crippen LogP contribution in [0.15, 0.2) is 79.1 Å². The number of nitrogens with one attached hydrogen (secondary N) is 2. The summed E-state index contributed by atoms with van der Waals surface area (Å²) in [5.74, 6) is -0.688. The topological polar surface area (TPSA) is 84.0 Å². The fourth-order valence-electron chi connectivity index (χ4n) is 3.25. The van der Waals surface area contributed by atoms with Gasteiger partial charge in [0.2, 0.25) is 5.91 Å². The van der Waals surface area contributed by atoms with Gasteiger partial charge in [-0.15, -0.1) is 0 Å². The third-order valence-corrected chi connectivity index (χ3v) is 4.86. The Labute approximate surface area is 174 Å². The summed E-state index contributed by atoms with van der Waals surface area (Å²) < 4.78 is 0. The lowest BCUT2D eigenvalue weighted by Gasteiger charge is -2.12. The number of amides is 2. The molecule has 6 heteroatoms. The molecular formula is C24H20N4O2. The quantitative estimate of drug-likeness (QED) is 0.516. The van der Waals surface area contributed by atoms with Crippen LogP contribution in [-0.2, 0) is 11.2 Å². The van der Waals surface area contributed by atoms with Gasteiger partial charge in [-0.25, -0.2) is 4.98 Å². The molecule has 0 aliphatic carbocycles. The minimum absolute atomic E-state index is 0.187. The SMILES string of the molecule is Cc1ccccc1CC(=O)NNC(=O)c1cc(-c2ccncc2)nc2ccccc12. The predicted octanol–water partition coefficient (Wildman–Crippen LogP) is 3.61. The number of aryl methyl sites for hydroxylation is 1. The summed E-state index contributed by atoms with van der Waals surface area (Å²) in [5.41, 5.74) is 9.63. The van der Waals surface area contributed by atoms with Crippen molar-refractivity contribution in [1.29, 1.82) is 0 Å². The third kappa shape index (κ3) is 4.17. The molecule has 0 spiro atoms. The molecule has 0 aliphatic heterocycles. The van der Waals surface area contributed by atoms with E-state index < -0.39 is 5.91 Å². The lowest BCUT2D eigenvalue weighted by atomic mass is 10.0. The molecule has 2 aromatic heterocycles. The average Bonchev–Trinajstić information content (AvgIpc) is 2.79. The Morgan fingerprint density at radius 3 is 2.43 bits per heavy atom. The van der Waals surface area contributed by atoms with E-state index in [1.54, 1.807) is 18.5 Å². The number of hydrogen-bond donors (Lipinski definition) is 2. The van der Waals surface area contributed by atoms with Crippen LogP contribution < -0.4 is 10.9 Å². The zero-order valence-corrected chi connectivity index (χ0v) is 16.4. The van der Waals surface area contributed by atoms with Gasteiger partial charge >= 0.3 is 0 Å². The third-order valence-electron chi connectivity index (χ3n) is 4.86. The van der Waals surface area contributed by atoms with E-state index in [4.69, 9.17) is 0 Å². The van der Waals surface area contributed by atoms with E-state index in [1.165, 1.54) is 0 Å². The van der Waals surface area contributed by atoms with Crippen LogP contribution in [0.4, 0.5) is 0 Å². The van der Waals surface area contributed by atoms with Crippen LogP contribution in [0, 0.1) is 6.92 Å². The maximum atomic E-state index is 12.9. The van der Waals surface area contributed by atoms with E-state index in [-0.39, 0.29) is 12.3 Å². The average molecular weight is 396 g/mol. The van der Waals surface area contributed by atoms with Crippen LogP contribution in [0.3, 0.4) is 0 Å². The van der Waals surface area contributed by atoms with E-state index in [0.29, 0.717) is 22.2 Å². The minimum Gasteiger partial charge on any atom is -0.273 e. The standard InChI is InChI=1S/C24H20N4O2/c1-16-6-2-3-7-18(16)14-23(29)27-28-24(30)20-15-22(17-10-12-25-13-11-17)26-21-9-5-4-8-19(20)21/h2-13,15H,14H2,1H3,(H,27,29)(H,28,30). The molecule has 6 nitrogen and oxygen atoms in total. The first-order valence-electron chi connectivity index (χ1n) is 9.56. The Bertz CT molecular complexity index is 1220. The number of carbonyl (C=O) groups is 2. The van der Waals surface area contributed by atoms with Gasteiger partial charge in [0, 0.05) is 23.3 Å². The summed E-state index contributed by atoms with van der Waals surface area (Å²) in [6.45, 7) is 1.95. The van der Waals surface area contributed by atoms with Crippen molar-refractivity contribution in [2.45, 2.75) is 13.3 Å². The normalized spacial score (nSPS) is 10.6. The smallest absolute Gasteiger partial charge is 0.270 e. The first-order chi connectivity index (χ1) is 14.6. The van der Waals surface area contributed by atoms with Crippen molar-refractivity contribution in [1.82, 2.24) is 20.8 Å². The molecule has 2 amide bonds. The van der Waals surface area contributed by atoms with Gasteiger partial charge in [-0.1, -0.05) is 42.5 Å². The van der Waals surface area contributed by atoms with Crippen molar-refractivity contribution in [2.24, 2.45) is 0 Å². The monoisotopic (exact) mass is 396 g/mol. The number of pyridine rings is 2. The summed E-state index contributed by atoms with van der Waals surface area (Å²) in [5, 5.41) is 0.709. The number of hydrogen-bond acceptors (Lipinski definition) is 4. The molecule has 0 unspecified atom stereocenters. The first kappa shape index (κ1) is 19.3. The Morgan fingerprint density at radius 2 is 1.63 bits per heavy atom. The van der Waals surface area contributed by atoms with Gasteiger partial charge in [0.15, 0.2) is 0 Å². The number of para-hydroxylation sites is 1. The minimum atomic E-state index is -0.401. The number of benzene rings is 2. The van der Waals surface area contributed by atoms with Crippen LogP contribution in [0.25, 0.3) is 22.2 Å². The van der Waals surface area contributed by atoms with Gasteiger partial charge < -0.3 is 0 Å². The number of nitrogens with zero attached hydrogens (tertiary/aromatic N) is 2. The lowest BCUT2D eigenvalue weighted by Crippen LogP contribution is -2.42. The van der Waals surface area contributed by atoms with E-state index in [2.05, 4.69) is 20.8 Å². The molecule has 0 aliphatic rings. The van der Waals surface area contributed by atoms with E-state index in [0.717, 1.165) is 16.7 Å². The van der Waals surface area contributed by atoms with Gasteiger partial charge in [-0.05, 0) is 42.3 Å². The number of carbonyl (C=O) groups excluding carboxylic acids is 2. The van der Waals surface area contributed by atoms with Crippen molar-refractivity contribution in [2.75, 3.05) is 0 Å². The molecule has 2 N–H and O–H groups in total. The van der Waals surface area contributed by atoms with Crippen LogP contribution in [-0.4, -0.2) is 21.8 Å². The number of hydrazine groups is 1. The summed E-state index contributed by atoms with van der Waals surface area (Å²) in [4.78, 5) is 33.9. The van der Waals surface area contributed by atoms with Crippen molar-refractivity contribution in [3.63, 3.8) is 0 Å². The molecule has 0 saturated carbocycles. The highest BCUT2D eigenvalue weighted by Gasteiger charge is 2.15. The van der Waals surface area contributed by atoms with Crippen LogP contribution in [0.1, 0.15) is 21.5 Å². The van der Waals surface area contributed by atoms with Crippen molar-refractivity contribution in [3.8, 4) is 11.3 Å². The van der Waals surface area contributed by atoms with Crippen molar-refractivity contribution in [3.05, 3.63) is 95.8 Å². The maximum Gasteiger partial charge on any atom is 0.270 e. The number of aromatic nitrogens is 2. The van der Waals surface area contributed by atoms with Crippen LogP contribution in [0.2, 0.25) is 0 Å². The van der Waals surface area contributed by atoms with E-state index in [9.17, 15) is 9.59 Å². The second-order valence-corrected chi connectivity index (χ2v) is 6.91. The molecule has 2 aromatic carbocycles. The molecule has 0 fully saturated rings. The van der Waals surface area contributed by atoms with Crippen LogP contribution in [0.5, 0.6) is 0 Å². The first-order valence-corrected chi connectivity index (χ1v) is 9.56. The van der Waals surface area contributed by atoms with Gasteiger partial charge in [0.05, 0.1) is 23.2 Å². The molecule has 30 heavy (non-hydrogen) atoms. The second kappa shape index (κ2) is 8.53. The molecule has 148 valence electrons. The largest absolute Gasteiger partial charge is 0.273 e. The highest BCUT2D eigenvalue weighted by Crippen LogP contribution is 2.24. The summed E-state index contributed by atoms with van der Waals surface area (Å²) in [6.07, 6.45) is 3.54. The molecule has 0 bridgehead atoms. The molecule has 4 aromatic rings. The zero-order valence-electron chi connectivity index (χ0n) is 16.4. The molecule has 0 saturated heterocycles. The fourth-order valence-corrected chi connectivity index (χ4v) is 3.25. The summed E-state index contributed by atoms with van der Waals surface area (Å²) in [6, 6.07) is 20.5. The highest BCUT2D eigenvalue weighted by molar-refractivity contribution is 6.07. The summed E-state index contributed by atoms with van der Waals surface area (Å²) in [7, 11) is 0. The Morgan fingerprint density at radius 1 is 0.900 bits per heavy atom. The van der Waals surface area contributed by atoms with Crippen LogP contribution >= 0.6 is 0 Å². The highest BCUT2D eigenvalue weighted by atomic mass is 16.2. The molecule has 4 rings (SSSR count). The predicted molar refractivity (Wildman–Crippen MR) is 115 cm³/mol. The molecule has 0 radical (unpaired) electrons. The fraction of sp³-hybridized carbons (Fsp3) is 0.0833. The maximum absolute atomic E-state index is 12.9.